The lowest BCUT2D eigenvalue weighted by Crippen LogP contribution is -2.43. The average molecular weight is 167 g/mol. The number of Topliss-reactive ketones (excluding diaryl/α,β-unsaturated/α-hetero) is 1. The summed E-state index contributed by atoms with van der Waals surface area (Å²) in [7, 11) is 0. The molecule has 0 amide bonds. The van der Waals surface area contributed by atoms with Crippen molar-refractivity contribution in [3.63, 3.8) is 0 Å². The first-order valence-electron chi connectivity index (χ1n) is 4.54. The van der Waals surface area contributed by atoms with Crippen molar-refractivity contribution >= 4 is 5.78 Å². The van der Waals surface area contributed by atoms with Gasteiger partial charge in [0.15, 0.2) is 0 Å². The van der Waals surface area contributed by atoms with Gasteiger partial charge in [-0.15, -0.1) is 6.58 Å². The van der Waals surface area contributed by atoms with Crippen LogP contribution >= 0.6 is 0 Å². The Hall–Kier alpha value is -0.630. The molecule has 1 unspecified atom stereocenters. The van der Waals surface area contributed by atoms with E-state index in [0.717, 1.165) is 25.9 Å². The van der Waals surface area contributed by atoms with Crippen LogP contribution in [0.15, 0.2) is 12.7 Å². The summed E-state index contributed by atoms with van der Waals surface area (Å²) >= 11 is 0. The van der Waals surface area contributed by atoms with Crippen LogP contribution in [0.4, 0.5) is 0 Å². The minimum atomic E-state index is -0.132. The summed E-state index contributed by atoms with van der Waals surface area (Å²) in [6.07, 6.45) is 4.34. The molecular formula is C10H17NO. The fourth-order valence-corrected chi connectivity index (χ4v) is 1.67. The number of nitrogens with one attached hydrogen (secondary N) is 1. The van der Waals surface area contributed by atoms with Crippen molar-refractivity contribution in [2.45, 2.75) is 26.2 Å². The molecule has 12 heavy (non-hydrogen) atoms. The van der Waals surface area contributed by atoms with Gasteiger partial charge in [0.25, 0.3) is 0 Å². The Bertz CT molecular complexity index is 180. The molecule has 1 N–H and O–H groups in total. The molecule has 68 valence electrons. The van der Waals surface area contributed by atoms with Crippen LogP contribution in [0, 0.1) is 5.41 Å². The van der Waals surface area contributed by atoms with Crippen LogP contribution in [0.25, 0.3) is 0 Å². The highest BCUT2D eigenvalue weighted by molar-refractivity contribution is 5.85. The van der Waals surface area contributed by atoms with Gasteiger partial charge in [-0.1, -0.05) is 13.0 Å². The summed E-state index contributed by atoms with van der Waals surface area (Å²) in [6, 6.07) is 0. The second-order valence-electron chi connectivity index (χ2n) is 3.76. The molecule has 1 fully saturated rings. The van der Waals surface area contributed by atoms with Crippen molar-refractivity contribution < 1.29 is 4.79 Å². The van der Waals surface area contributed by atoms with E-state index in [-0.39, 0.29) is 5.41 Å². The fourth-order valence-electron chi connectivity index (χ4n) is 1.67. The van der Waals surface area contributed by atoms with Crippen LogP contribution in [-0.2, 0) is 4.79 Å². The molecule has 0 bridgehead atoms. The molecule has 1 atom stereocenters. The molecule has 1 rings (SSSR count). The van der Waals surface area contributed by atoms with Crippen molar-refractivity contribution in [1.29, 1.82) is 0 Å². The monoisotopic (exact) mass is 167 g/mol. The van der Waals surface area contributed by atoms with E-state index in [1.54, 1.807) is 6.08 Å². The molecule has 2 heteroatoms. The largest absolute Gasteiger partial charge is 0.316 e. The number of carbonyl (C=O) groups excluding carboxylic acids is 1. The molecule has 0 aromatic carbocycles. The van der Waals surface area contributed by atoms with Gasteiger partial charge in [0.05, 0.1) is 0 Å². The molecule has 2 nitrogen and oxygen atoms in total. The highest BCUT2D eigenvalue weighted by Crippen LogP contribution is 2.27. The zero-order valence-corrected chi connectivity index (χ0v) is 7.73. The summed E-state index contributed by atoms with van der Waals surface area (Å²) in [4.78, 5) is 11.6. The highest BCUT2D eigenvalue weighted by Gasteiger charge is 2.32. The first-order chi connectivity index (χ1) is 5.69. The molecule has 1 aliphatic heterocycles. The normalized spacial score (nSPS) is 29.8. The maximum atomic E-state index is 11.6. The second kappa shape index (κ2) is 3.85. The molecule has 1 aliphatic rings. The third-order valence-corrected chi connectivity index (χ3v) is 2.60. The van der Waals surface area contributed by atoms with Crippen LogP contribution in [0.3, 0.4) is 0 Å². The lowest BCUT2D eigenvalue weighted by atomic mass is 9.78. The number of ketones is 1. The van der Waals surface area contributed by atoms with Crippen LogP contribution in [0.5, 0.6) is 0 Å². The lowest BCUT2D eigenvalue weighted by Gasteiger charge is -2.32. The van der Waals surface area contributed by atoms with Gasteiger partial charge in [0, 0.05) is 18.4 Å². The third-order valence-electron chi connectivity index (χ3n) is 2.60. The summed E-state index contributed by atoms with van der Waals surface area (Å²) < 4.78 is 0. The standard InChI is InChI=1S/C10H17NO/c1-3-5-9(12)10(2)6-4-7-11-8-10/h3,11H,1,4-8H2,2H3. The van der Waals surface area contributed by atoms with E-state index in [0.29, 0.717) is 12.2 Å². The van der Waals surface area contributed by atoms with Crippen molar-refractivity contribution in [1.82, 2.24) is 5.32 Å². The number of allylic oxidation sites excluding steroid dienone is 1. The van der Waals surface area contributed by atoms with Crippen molar-refractivity contribution in [2.75, 3.05) is 13.1 Å². The third kappa shape index (κ3) is 1.95. The Morgan fingerprint density at radius 1 is 1.75 bits per heavy atom. The van der Waals surface area contributed by atoms with Crippen molar-refractivity contribution in [2.24, 2.45) is 5.41 Å². The van der Waals surface area contributed by atoms with Crippen molar-refractivity contribution in [3.8, 4) is 0 Å². The van der Waals surface area contributed by atoms with Gasteiger partial charge in [0.2, 0.25) is 0 Å². The van der Waals surface area contributed by atoms with E-state index in [4.69, 9.17) is 0 Å². The number of carbonyl (C=O) groups is 1. The number of hydrogen-bond donors (Lipinski definition) is 1. The van der Waals surface area contributed by atoms with Gasteiger partial charge in [0.1, 0.15) is 5.78 Å². The SMILES string of the molecule is C=CCC(=O)C1(C)CCCNC1. The van der Waals surface area contributed by atoms with E-state index < -0.39 is 0 Å². The van der Waals surface area contributed by atoms with E-state index in [1.807, 2.05) is 6.92 Å². The summed E-state index contributed by atoms with van der Waals surface area (Å²) in [5.74, 6) is 0.324. The van der Waals surface area contributed by atoms with Gasteiger partial charge in [-0.3, -0.25) is 4.79 Å². The minimum Gasteiger partial charge on any atom is -0.316 e. The van der Waals surface area contributed by atoms with Crippen LogP contribution in [-0.4, -0.2) is 18.9 Å². The summed E-state index contributed by atoms with van der Waals surface area (Å²) in [5.41, 5.74) is -0.132. The Kier molecular flexibility index (Phi) is 3.04. The van der Waals surface area contributed by atoms with Crippen LogP contribution in [0.2, 0.25) is 0 Å². The van der Waals surface area contributed by atoms with Gasteiger partial charge in [-0.2, -0.15) is 0 Å². The second-order valence-corrected chi connectivity index (χ2v) is 3.76. The van der Waals surface area contributed by atoms with E-state index in [2.05, 4.69) is 11.9 Å². The molecule has 0 aliphatic carbocycles. The first-order valence-corrected chi connectivity index (χ1v) is 4.54. The maximum absolute atomic E-state index is 11.6. The highest BCUT2D eigenvalue weighted by atomic mass is 16.1. The van der Waals surface area contributed by atoms with Gasteiger partial charge < -0.3 is 5.32 Å². The van der Waals surface area contributed by atoms with E-state index in [1.165, 1.54) is 0 Å². The fraction of sp³-hybridized carbons (Fsp3) is 0.700. The molecule has 0 aromatic heterocycles. The molecule has 0 saturated carbocycles. The Labute approximate surface area is 74.0 Å². The Balaban J connectivity index is 2.55. The Morgan fingerprint density at radius 2 is 2.50 bits per heavy atom. The number of hydrogen-bond acceptors (Lipinski definition) is 2. The average Bonchev–Trinajstić information content (AvgIpc) is 2.06. The quantitative estimate of drug-likeness (QED) is 0.646. The smallest absolute Gasteiger partial charge is 0.143 e. The summed E-state index contributed by atoms with van der Waals surface area (Å²) in [6.45, 7) is 7.52. The molecule has 1 saturated heterocycles. The van der Waals surface area contributed by atoms with Crippen LogP contribution < -0.4 is 5.32 Å². The first kappa shape index (κ1) is 9.46. The minimum absolute atomic E-state index is 0.132. The molecule has 0 spiro atoms. The Morgan fingerprint density at radius 3 is 3.00 bits per heavy atom. The van der Waals surface area contributed by atoms with Gasteiger partial charge in [-0.25, -0.2) is 0 Å². The molecule has 0 aromatic rings. The zero-order valence-electron chi connectivity index (χ0n) is 7.73. The molecule has 0 radical (unpaired) electrons. The predicted molar refractivity (Wildman–Crippen MR) is 50.0 cm³/mol. The number of piperidine rings is 1. The molecule has 1 heterocycles. The van der Waals surface area contributed by atoms with Gasteiger partial charge >= 0.3 is 0 Å². The number of rotatable bonds is 3. The van der Waals surface area contributed by atoms with Crippen molar-refractivity contribution in [3.05, 3.63) is 12.7 Å². The van der Waals surface area contributed by atoms with Gasteiger partial charge in [-0.05, 0) is 19.4 Å². The molecular weight excluding hydrogens is 150 g/mol. The van der Waals surface area contributed by atoms with E-state index in [9.17, 15) is 4.79 Å². The maximum Gasteiger partial charge on any atom is 0.143 e. The van der Waals surface area contributed by atoms with E-state index >= 15 is 0 Å². The zero-order chi connectivity index (χ0) is 9.03. The topological polar surface area (TPSA) is 29.1 Å². The van der Waals surface area contributed by atoms with Crippen LogP contribution in [0.1, 0.15) is 26.2 Å². The summed E-state index contributed by atoms with van der Waals surface area (Å²) in [5, 5.41) is 3.26. The predicted octanol–water partition coefficient (Wildman–Crippen LogP) is 1.52. The lowest BCUT2D eigenvalue weighted by molar-refractivity contribution is -0.127.